The third-order valence-electron chi connectivity index (χ3n) is 4.35. The summed E-state index contributed by atoms with van der Waals surface area (Å²) in [6.45, 7) is 0.859. The number of carbonyl (C=O) groups is 1. The van der Waals surface area contributed by atoms with E-state index in [1.165, 1.54) is 31.4 Å². The fourth-order valence-corrected chi connectivity index (χ4v) is 3.12. The number of hydrogen-bond acceptors (Lipinski definition) is 1. The molecule has 1 aliphatic carbocycles. The van der Waals surface area contributed by atoms with Gasteiger partial charge in [0, 0.05) is 18.2 Å². The molecule has 2 fully saturated rings. The summed E-state index contributed by atoms with van der Waals surface area (Å²) in [6.07, 6.45) is 6.07. The van der Waals surface area contributed by atoms with Crippen LogP contribution >= 0.6 is 0 Å². The molecule has 0 radical (unpaired) electrons. The Morgan fingerprint density at radius 3 is 2.44 bits per heavy atom. The first-order chi connectivity index (χ1) is 8.75. The molecule has 1 aromatic carbocycles. The predicted octanol–water partition coefficient (Wildman–Crippen LogP) is 3.23. The molecule has 1 saturated carbocycles. The minimum absolute atomic E-state index is 0.0735. The molecule has 1 heterocycles. The van der Waals surface area contributed by atoms with E-state index in [1.54, 1.807) is 12.1 Å². The molecule has 1 aliphatic heterocycles. The number of likely N-dealkylation sites (tertiary alicyclic amines) is 1. The van der Waals surface area contributed by atoms with E-state index in [1.807, 2.05) is 4.90 Å². The van der Waals surface area contributed by atoms with Gasteiger partial charge in [-0.1, -0.05) is 6.42 Å². The smallest absolute Gasteiger partial charge is 0.254 e. The van der Waals surface area contributed by atoms with Crippen LogP contribution in [-0.2, 0) is 0 Å². The van der Waals surface area contributed by atoms with Crippen molar-refractivity contribution in [3.63, 3.8) is 0 Å². The molecule has 0 spiro atoms. The molecule has 0 bridgehead atoms. The number of rotatable bonds is 2. The highest BCUT2D eigenvalue weighted by Crippen LogP contribution is 2.37. The van der Waals surface area contributed by atoms with Gasteiger partial charge >= 0.3 is 0 Å². The lowest BCUT2D eigenvalue weighted by atomic mass is 9.78. The maximum atomic E-state index is 12.9. The number of benzene rings is 1. The Morgan fingerprint density at radius 2 is 1.83 bits per heavy atom. The number of halogens is 1. The third kappa shape index (κ3) is 2.02. The second-order valence-corrected chi connectivity index (χ2v) is 5.41. The largest absolute Gasteiger partial charge is 0.335 e. The van der Waals surface area contributed by atoms with Crippen molar-refractivity contribution in [2.24, 2.45) is 5.92 Å². The first-order valence-electron chi connectivity index (χ1n) is 6.82. The molecule has 2 nitrogen and oxygen atoms in total. The van der Waals surface area contributed by atoms with E-state index in [0.717, 1.165) is 19.4 Å². The Labute approximate surface area is 107 Å². The number of carbonyl (C=O) groups excluding carboxylic acids is 1. The van der Waals surface area contributed by atoms with Gasteiger partial charge in [-0.25, -0.2) is 4.39 Å². The van der Waals surface area contributed by atoms with Crippen molar-refractivity contribution in [3.8, 4) is 0 Å². The summed E-state index contributed by atoms with van der Waals surface area (Å²) in [4.78, 5) is 14.4. The highest BCUT2D eigenvalue weighted by Gasteiger charge is 2.37. The highest BCUT2D eigenvalue weighted by atomic mass is 19.1. The Hall–Kier alpha value is -1.38. The standard InChI is InChI=1S/C15H18FNO/c16-13-8-6-12(7-9-13)15(18)17-10-2-5-14(17)11-3-1-4-11/h6-9,11,14H,1-5,10H2. The lowest BCUT2D eigenvalue weighted by Gasteiger charge is -2.37. The van der Waals surface area contributed by atoms with E-state index in [2.05, 4.69) is 0 Å². The molecule has 3 heteroatoms. The SMILES string of the molecule is O=C(c1ccc(F)cc1)N1CCCC1C1CCC1. The van der Waals surface area contributed by atoms with E-state index in [9.17, 15) is 9.18 Å². The Bertz CT molecular complexity index is 438. The third-order valence-corrected chi connectivity index (χ3v) is 4.35. The molecular formula is C15H18FNO. The first kappa shape index (κ1) is 11.7. The van der Waals surface area contributed by atoms with Gasteiger partial charge in [0.05, 0.1) is 0 Å². The molecule has 2 aliphatic rings. The zero-order valence-corrected chi connectivity index (χ0v) is 10.4. The summed E-state index contributed by atoms with van der Waals surface area (Å²) in [7, 11) is 0. The van der Waals surface area contributed by atoms with E-state index >= 15 is 0 Å². The van der Waals surface area contributed by atoms with E-state index in [4.69, 9.17) is 0 Å². The molecular weight excluding hydrogens is 229 g/mol. The van der Waals surface area contributed by atoms with Gasteiger partial charge in [-0.3, -0.25) is 4.79 Å². The number of hydrogen-bond donors (Lipinski definition) is 0. The van der Waals surface area contributed by atoms with Crippen LogP contribution in [0.25, 0.3) is 0 Å². The molecule has 1 unspecified atom stereocenters. The van der Waals surface area contributed by atoms with Crippen LogP contribution in [0.1, 0.15) is 42.5 Å². The Kier molecular flexibility index (Phi) is 3.06. The van der Waals surface area contributed by atoms with Crippen LogP contribution in [0.15, 0.2) is 24.3 Å². The van der Waals surface area contributed by atoms with Gasteiger partial charge < -0.3 is 4.90 Å². The lowest BCUT2D eigenvalue weighted by Crippen LogP contribution is -2.42. The Balaban J connectivity index is 1.76. The molecule has 3 rings (SSSR count). The molecule has 1 amide bonds. The van der Waals surface area contributed by atoms with Crippen LogP contribution in [0.2, 0.25) is 0 Å². The zero-order valence-electron chi connectivity index (χ0n) is 10.4. The summed E-state index contributed by atoms with van der Waals surface area (Å²) in [5.74, 6) is 0.491. The van der Waals surface area contributed by atoms with Gasteiger partial charge in [0.25, 0.3) is 5.91 Å². The van der Waals surface area contributed by atoms with Crippen molar-refractivity contribution < 1.29 is 9.18 Å². The molecule has 96 valence electrons. The maximum absolute atomic E-state index is 12.9. The fraction of sp³-hybridized carbons (Fsp3) is 0.533. The molecule has 1 aromatic rings. The number of nitrogens with zero attached hydrogens (tertiary/aromatic N) is 1. The van der Waals surface area contributed by atoms with Gasteiger partial charge in [0.1, 0.15) is 5.82 Å². The number of amides is 1. The van der Waals surface area contributed by atoms with Crippen LogP contribution < -0.4 is 0 Å². The highest BCUT2D eigenvalue weighted by molar-refractivity contribution is 5.94. The first-order valence-corrected chi connectivity index (χ1v) is 6.82. The van der Waals surface area contributed by atoms with Gasteiger partial charge in [-0.05, 0) is 55.9 Å². The molecule has 1 atom stereocenters. The second kappa shape index (κ2) is 4.71. The van der Waals surface area contributed by atoms with Crippen molar-refractivity contribution in [3.05, 3.63) is 35.6 Å². The van der Waals surface area contributed by atoms with Crippen LogP contribution in [0.3, 0.4) is 0 Å². The van der Waals surface area contributed by atoms with Crippen LogP contribution in [0.5, 0.6) is 0 Å². The van der Waals surface area contributed by atoms with Gasteiger partial charge in [-0.2, -0.15) is 0 Å². The molecule has 0 aromatic heterocycles. The zero-order chi connectivity index (χ0) is 12.5. The topological polar surface area (TPSA) is 20.3 Å². The van der Waals surface area contributed by atoms with E-state index < -0.39 is 0 Å². The average molecular weight is 247 g/mol. The molecule has 1 saturated heterocycles. The Morgan fingerprint density at radius 1 is 1.11 bits per heavy atom. The lowest BCUT2D eigenvalue weighted by molar-refractivity contribution is 0.0626. The van der Waals surface area contributed by atoms with Gasteiger partial charge in [0.2, 0.25) is 0 Å². The summed E-state index contributed by atoms with van der Waals surface area (Å²) >= 11 is 0. The predicted molar refractivity (Wildman–Crippen MR) is 67.8 cm³/mol. The van der Waals surface area contributed by atoms with Crippen LogP contribution in [0.4, 0.5) is 4.39 Å². The van der Waals surface area contributed by atoms with E-state index in [0.29, 0.717) is 17.5 Å². The maximum Gasteiger partial charge on any atom is 0.254 e. The van der Waals surface area contributed by atoms with Crippen LogP contribution in [-0.4, -0.2) is 23.4 Å². The quantitative estimate of drug-likeness (QED) is 0.785. The summed E-state index contributed by atoms with van der Waals surface area (Å²) in [5.41, 5.74) is 0.614. The molecule has 0 N–H and O–H groups in total. The van der Waals surface area contributed by atoms with Crippen LogP contribution in [0, 0.1) is 11.7 Å². The summed E-state index contributed by atoms with van der Waals surface area (Å²) in [6, 6.07) is 6.33. The average Bonchev–Trinajstić information content (AvgIpc) is 2.76. The summed E-state index contributed by atoms with van der Waals surface area (Å²) < 4.78 is 12.9. The van der Waals surface area contributed by atoms with E-state index in [-0.39, 0.29) is 11.7 Å². The normalized spacial score (nSPS) is 24.1. The second-order valence-electron chi connectivity index (χ2n) is 5.41. The van der Waals surface area contributed by atoms with Crippen molar-refractivity contribution in [1.82, 2.24) is 4.90 Å². The fourth-order valence-electron chi connectivity index (χ4n) is 3.12. The van der Waals surface area contributed by atoms with Crippen molar-refractivity contribution in [1.29, 1.82) is 0 Å². The van der Waals surface area contributed by atoms with Crippen molar-refractivity contribution >= 4 is 5.91 Å². The van der Waals surface area contributed by atoms with Gasteiger partial charge in [-0.15, -0.1) is 0 Å². The minimum Gasteiger partial charge on any atom is -0.335 e. The summed E-state index contributed by atoms with van der Waals surface area (Å²) in [5, 5.41) is 0. The van der Waals surface area contributed by atoms with Crippen molar-refractivity contribution in [2.75, 3.05) is 6.54 Å². The monoisotopic (exact) mass is 247 g/mol. The van der Waals surface area contributed by atoms with Gasteiger partial charge in [0.15, 0.2) is 0 Å². The minimum atomic E-state index is -0.288. The van der Waals surface area contributed by atoms with Crippen molar-refractivity contribution in [2.45, 2.75) is 38.1 Å². The molecule has 18 heavy (non-hydrogen) atoms.